The fourth-order valence-corrected chi connectivity index (χ4v) is 2.17. The first-order valence-electron chi connectivity index (χ1n) is 5.23. The first-order chi connectivity index (χ1) is 8.63. The molecule has 0 saturated carbocycles. The van der Waals surface area contributed by atoms with Gasteiger partial charge in [0, 0.05) is 23.0 Å². The summed E-state index contributed by atoms with van der Waals surface area (Å²) in [5.41, 5.74) is 2.05. The van der Waals surface area contributed by atoms with Crippen LogP contribution in [0.1, 0.15) is 0 Å². The molecule has 0 atom stereocenters. The lowest BCUT2D eigenvalue weighted by atomic mass is 10.2. The predicted molar refractivity (Wildman–Crippen MR) is 70.6 cm³/mol. The van der Waals surface area contributed by atoms with Gasteiger partial charge >= 0.3 is 0 Å². The van der Waals surface area contributed by atoms with Crippen LogP contribution >= 0.6 is 23.2 Å². The van der Waals surface area contributed by atoms with Crippen LogP contribution in [-0.2, 0) is 0 Å². The largest absolute Gasteiger partial charge is 0.304 e. The van der Waals surface area contributed by atoms with Crippen LogP contribution in [0.15, 0.2) is 42.7 Å². The molecule has 0 amide bonds. The lowest BCUT2D eigenvalue weighted by Gasteiger charge is -2.00. The van der Waals surface area contributed by atoms with E-state index >= 15 is 0 Å². The van der Waals surface area contributed by atoms with Gasteiger partial charge < -0.3 is 4.40 Å². The highest BCUT2D eigenvalue weighted by molar-refractivity contribution is 6.35. The van der Waals surface area contributed by atoms with E-state index in [2.05, 4.69) is 4.98 Å². The summed E-state index contributed by atoms with van der Waals surface area (Å²) in [5, 5.41) is 1.14. The third-order valence-corrected chi connectivity index (χ3v) is 3.18. The molecule has 0 unspecified atom stereocenters. The first-order valence-corrected chi connectivity index (χ1v) is 5.99. The van der Waals surface area contributed by atoms with Crippen molar-refractivity contribution in [1.29, 1.82) is 0 Å². The fraction of sp³-hybridized carbons (Fsp3) is 0. The van der Waals surface area contributed by atoms with Crippen molar-refractivity contribution < 1.29 is 4.39 Å². The molecule has 0 aliphatic carbocycles. The van der Waals surface area contributed by atoms with Crippen molar-refractivity contribution in [2.24, 2.45) is 0 Å². The Labute approximate surface area is 113 Å². The molecule has 1 aromatic carbocycles. The van der Waals surface area contributed by atoms with Gasteiger partial charge in [0.15, 0.2) is 0 Å². The van der Waals surface area contributed by atoms with E-state index in [0.29, 0.717) is 21.4 Å². The minimum atomic E-state index is -0.316. The summed E-state index contributed by atoms with van der Waals surface area (Å²) in [6, 6.07) is 8.14. The Morgan fingerprint density at radius 1 is 1.06 bits per heavy atom. The molecule has 2 heterocycles. The standard InChI is InChI=1S/C13H7Cl2FN2/c14-8-1-3-11(15)10(5-8)12-7-18-6-9(16)2-4-13(18)17-12/h1-7H. The van der Waals surface area contributed by atoms with E-state index in [1.54, 1.807) is 34.9 Å². The second-order valence-corrected chi connectivity index (χ2v) is 4.71. The summed E-state index contributed by atoms with van der Waals surface area (Å²) < 4.78 is 14.7. The van der Waals surface area contributed by atoms with Crippen LogP contribution in [0.5, 0.6) is 0 Å². The molecule has 5 heteroatoms. The lowest BCUT2D eigenvalue weighted by molar-refractivity contribution is 0.619. The zero-order valence-electron chi connectivity index (χ0n) is 9.07. The van der Waals surface area contributed by atoms with Gasteiger partial charge in [-0.25, -0.2) is 9.37 Å². The van der Waals surface area contributed by atoms with Crippen molar-refractivity contribution in [3.63, 3.8) is 0 Å². The van der Waals surface area contributed by atoms with Crippen LogP contribution < -0.4 is 0 Å². The molecule has 3 rings (SSSR count). The van der Waals surface area contributed by atoms with E-state index in [1.165, 1.54) is 12.3 Å². The van der Waals surface area contributed by atoms with Crippen molar-refractivity contribution in [3.05, 3.63) is 58.6 Å². The van der Waals surface area contributed by atoms with Crippen molar-refractivity contribution in [3.8, 4) is 11.3 Å². The molecule has 0 aliphatic rings. The fourth-order valence-electron chi connectivity index (χ4n) is 1.79. The van der Waals surface area contributed by atoms with Gasteiger partial charge in [0.05, 0.1) is 10.7 Å². The number of nitrogens with zero attached hydrogens (tertiary/aromatic N) is 2. The Bertz CT molecular complexity index is 737. The number of fused-ring (bicyclic) bond motifs is 1. The third-order valence-electron chi connectivity index (χ3n) is 2.62. The molecular weight excluding hydrogens is 274 g/mol. The van der Waals surface area contributed by atoms with E-state index in [9.17, 15) is 4.39 Å². The summed E-state index contributed by atoms with van der Waals surface area (Å²) >= 11 is 12.0. The molecule has 0 bridgehead atoms. The monoisotopic (exact) mass is 280 g/mol. The summed E-state index contributed by atoms with van der Waals surface area (Å²) in [4.78, 5) is 4.38. The quantitative estimate of drug-likeness (QED) is 0.644. The predicted octanol–water partition coefficient (Wildman–Crippen LogP) is 4.45. The van der Waals surface area contributed by atoms with E-state index in [0.717, 1.165) is 5.56 Å². The van der Waals surface area contributed by atoms with E-state index in [1.807, 2.05) is 0 Å². The molecule has 0 saturated heterocycles. The number of pyridine rings is 1. The normalized spacial score (nSPS) is 11.1. The number of hydrogen-bond donors (Lipinski definition) is 0. The summed E-state index contributed by atoms with van der Waals surface area (Å²) in [5.74, 6) is -0.316. The van der Waals surface area contributed by atoms with Crippen LogP contribution in [0.4, 0.5) is 4.39 Å². The number of aromatic nitrogens is 2. The molecule has 0 fully saturated rings. The van der Waals surface area contributed by atoms with Crippen molar-refractivity contribution in [1.82, 2.24) is 9.38 Å². The van der Waals surface area contributed by atoms with Gasteiger partial charge in [-0.1, -0.05) is 23.2 Å². The second kappa shape index (κ2) is 4.26. The Morgan fingerprint density at radius 3 is 2.72 bits per heavy atom. The van der Waals surface area contributed by atoms with E-state index in [4.69, 9.17) is 23.2 Å². The molecular formula is C13H7Cl2FN2. The highest BCUT2D eigenvalue weighted by Crippen LogP contribution is 2.30. The Kier molecular flexibility index (Phi) is 2.73. The molecule has 0 radical (unpaired) electrons. The van der Waals surface area contributed by atoms with Crippen molar-refractivity contribution in [2.45, 2.75) is 0 Å². The SMILES string of the molecule is Fc1ccc2nc(-c3cc(Cl)ccc3Cl)cn2c1. The zero-order chi connectivity index (χ0) is 12.7. The number of hydrogen-bond acceptors (Lipinski definition) is 1. The molecule has 18 heavy (non-hydrogen) atoms. The molecule has 90 valence electrons. The van der Waals surface area contributed by atoms with Gasteiger partial charge in [0.2, 0.25) is 0 Å². The van der Waals surface area contributed by atoms with Crippen LogP contribution in [0.2, 0.25) is 10.0 Å². The number of halogens is 3. The first kappa shape index (κ1) is 11.5. The van der Waals surface area contributed by atoms with Gasteiger partial charge in [0.1, 0.15) is 11.5 Å². The molecule has 2 nitrogen and oxygen atoms in total. The minimum Gasteiger partial charge on any atom is -0.304 e. The lowest BCUT2D eigenvalue weighted by Crippen LogP contribution is -1.83. The Balaban J connectivity index is 2.22. The van der Waals surface area contributed by atoms with Crippen LogP contribution in [0.3, 0.4) is 0 Å². The molecule has 0 spiro atoms. The topological polar surface area (TPSA) is 17.3 Å². The van der Waals surface area contributed by atoms with Crippen molar-refractivity contribution >= 4 is 28.8 Å². The van der Waals surface area contributed by atoms with Crippen LogP contribution in [0.25, 0.3) is 16.9 Å². The van der Waals surface area contributed by atoms with Gasteiger partial charge in [-0.15, -0.1) is 0 Å². The van der Waals surface area contributed by atoms with Gasteiger partial charge in [-0.05, 0) is 30.3 Å². The maximum atomic E-state index is 13.1. The molecule has 0 aliphatic heterocycles. The van der Waals surface area contributed by atoms with Crippen LogP contribution in [0, 0.1) is 5.82 Å². The average molecular weight is 281 g/mol. The average Bonchev–Trinajstić information content (AvgIpc) is 2.74. The molecule has 3 aromatic rings. The highest BCUT2D eigenvalue weighted by Gasteiger charge is 2.09. The summed E-state index contributed by atoms with van der Waals surface area (Å²) in [6.07, 6.45) is 3.08. The number of rotatable bonds is 1. The summed E-state index contributed by atoms with van der Waals surface area (Å²) in [7, 11) is 0. The van der Waals surface area contributed by atoms with E-state index < -0.39 is 0 Å². The number of imidazole rings is 1. The highest BCUT2D eigenvalue weighted by atomic mass is 35.5. The number of benzene rings is 1. The van der Waals surface area contributed by atoms with Crippen LogP contribution in [-0.4, -0.2) is 9.38 Å². The summed E-state index contributed by atoms with van der Waals surface area (Å²) in [6.45, 7) is 0. The third kappa shape index (κ3) is 1.96. The smallest absolute Gasteiger partial charge is 0.139 e. The zero-order valence-corrected chi connectivity index (χ0v) is 10.6. The second-order valence-electron chi connectivity index (χ2n) is 3.86. The van der Waals surface area contributed by atoms with Gasteiger partial charge in [-0.3, -0.25) is 0 Å². The van der Waals surface area contributed by atoms with E-state index in [-0.39, 0.29) is 5.82 Å². The Morgan fingerprint density at radius 2 is 1.89 bits per heavy atom. The van der Waals surface area contributed by atoms with Gasteiger partial charge in [0.25, 0.3) is 0 Å². The van der Waals surface area contributed by atoms with Crippen molar-refractivity contribution in [2.75, 3.05) is 0 Å². The Hall–Kier alpha value is -1.58. The molecule has 2 aromatic heterocycles. The minimum absolute atomic E-state index is 0.316. The maximum absolute atomic E-state index is 13.1. The van der Waals surface area contributed by atoms with Gasteiger partial charge in [-0.2, -0.15) is 0 Å². The molecule has 0 N–H and O–H groups in total. The maximum Gasteiger partial charge on any atom is 0.139 e.